The highest BCUT2D eigenvalue weighted by molar-refractivity contribution is 6.05. The SMILES string of the molecule is CCCO/N=C1\C=CC(C)C(C)=C1. The van der Waals surface area contributed by atoms with Crippen molar-refractivity contribution in [1.29, 1.82) is 0 Å². The van der Waals surface area contributed by atoms with Gasteiger partial charge in [0.25, 0.3) is 0 Å². The Bertz CT molecular complexity index is 251. The standard InChI is InChI=1S/C11H17NO/c1-4-7-13-12-11-6-5-9(2)10(3)8-11/h5-6,8-9H,4,7H2,1-3H3/b12-11+. The van der Waals surface area contributed by atoms with E-state index in [-0.39, 0.29) is 0 Å². The van der Waals surface area contributed by atoms with Crippen molar-refractivity contribution in [3.05, 3.63) is 23.8 Å². The van der Waals surface area contributed by atoms with E-state index in [4.69, 9.17) is 4.84 Å². The summed E-state index contributed by atoms with van der Waals surface area (Å²) in [7, 11) is 0. The maximum atomic E-state index is 5.10. The quantitative estimate of drug-likeness (QED) is 0.482. The van der Waals surface area contributed by atoms with Gasteiger partial charge in [-0.05, 0) is 31.4 Å². The van der Waals surface area contributed by atoms with Gasteiger partial charge in [-0.1, -0.05) is 30.7 Å². The molecule has 0 aliphatic heterocycles. The topological polar surface area (TPSA) is 21.6 Å². The van der Waals surface area contributed by atoms with Gasteiger partial charge in [-0.3, -0.25) is 0 Å². The minimum absolute atomic E-state index is 0.533. The van der Waals surface area contributed by atoms with Crippen molar-refractivity contribution in [3.63, 3.8) is 0 Å². The fraction of sp³-hybridized carbons (Fsp3) is 0.545. The zero-order valence-corrected chi connectivity index (χ0v) is 8.58. The third-order valence-electron chi connectivity index (χ3n) is 2.11. The van der Waals surface area contributed by atoms with Crippen LogP contribution in [0.2, 0.25) is 0 Å². The van der Waals surface area contributed by atoms with Gasteiger partial charge in [-0.2, -0.15) is 0 Å². The molecule has 0 saturated carbocycles. The molecule has 0 aromatic rings. The van der Waals surface area contributed by atoms with Gasteiger partial charge in [0.15, 0.2) is 0 Å². The van der Waals surface area contributed by atoms with Crippen LogP contribution < -0.4 is 0 Å². The fourth-order valence-corrected chi connectivity index (χ4v) is 1.08. The van der Waals surface area contributed by atoms with Gasteiger partial charge in [0, 0.05) is 0 Å². The number of nitrogens with zero attached hydrogens (tertiary/aromatic N) is 1. The number of hydrogen-bond donors (Lipinski definition) is 0. The van der Waals surface area contributed by atoms with Crippen molar-refractivity contribution in [3.8, 4) is 0 Å². The Labute approximate surface area is 80.0 Å². The highest BCUT2D eigenvalue weighted by atomic mass is 16.6. The number of allylic oxidation sites excluding steroid dienone is 4. The molecule has 1 rings (SSSR count). The van der Waals surface area contributed by atoms with E-state index in [9.17, 15) is 0 Å². The summed E-state index contributed by atoms with van der Waals surface area (Å²) in [5.74, 6) is 0.533. The van der Waals surface area contributed by atoms with Gasteiger partial charge in [0.1, 0.15) is 12.3 Å². The van der Waals surface area contributed by atoms with Gasteiger partial charge in [0.2, 0.25) is 0 Å². The Morgan fingerprint density at radius 2 is 2.31 bits per heavy atom. The lowest BCUT2D eigenvalue weighted by atomic mass is 9.96. The van der Waals surface area contributed by atoms with Crippen molar-refractivity contribution >= 4 is 5.71 Å². The summed E-state index contributed by atoms with van der Waals surface area (Å²) in [5.41, 5.74) is 2.25. The average molecular weight is 179 g/mol. The Morgan fingerprint density at radius 3 is 2.92 bits per heavy atom. The third-order valence-corrected chi connectivity index (χ3v) is 2.11. The summed E-state index contributed by atoms with van der Waals surface area (Å²) in [6.45, 7) is 7.05. The van der Waals surface area contributed by atoms with E-state index < -0.39 is 0 Å². The lowest BCUT2D eigenvalue weighted by Gasteiger charge is -2.11. The van der Waals surface area contributed by atoms with Crippen molar-refractivity contribution in [1.82, 2.24) is 0 Å². The van der Waals surface area contributed by atoms with E-state index in [0.717, 1.165) is 12.1 Å². The molecule has 0 heterocycles. The zero-order chi connectivity index (χ0) is 9.68. The molecule has 0 radical (unpaired) electrons. The van der Waals surface area contributed by atoms with E-state index in [2.05, 4.69) is 38.1 Å². The molecule has 13 heavy (non-hydrogen) atoms. The predicted octanol–water partition coefficient (Wildman–Crippen LogP) is 2.92. The highest BCUT2D eigenvalue weighted by Gasteiger charge is 2.06. The molecule has 1 aliphatic rings. The molecular formula is C11H17NO. The summed E-state index contributed by atoms with van der Waals surface area (Å²) in [6, 6.07) is 0. The lowest BCUT2D eigenvalue weighted by Crippen LogP contribution is -2.03. The van der Waals surface area contributed by atoms with Crippen molar-refractivity contribution < 1.29 is 4.84 Å². The van der Waals surface area contributed by atoms with Crippen molar-refractivity contribution in [2.45, 2.75) is 27.2 Å². The number of hydrogen-bond acceptors (Lipinski definition) is 2. The Morgan fingerprint density at radius 1 is 1.54 bits per heavy atom. The highest BCUT2D eigenvalue weighted by Crippen LogP contribution is 2.15. The molecule has 0 N–H and O–H groups in total. The molecule has 2 nitrogen and oxygen atoms in total. The van der Waals surface area contributed by atoms with E-state index in [1.807, 2.05) is 6.08 Å². The maximum Gasteiger partial charge on any atom is 0.116 e. The van der Waals surface area contributed by atoms with Crippen LogP contribution in [0.3, 0.4) is 0 Å². The van der Waals surface area contributed by atoms with Crippen LogP contribution in [0.25, 0.3) is 0 Å². The summed E-state index contributed by atoms with van der Waals surface area (Å²) < 4.78 is 0. The predicted molar refractivity (Wildman–Crippen MR) is 55.7 cm³/mol. The number of oxime groups is 1. The monoisotopic (exact) mass is 179 g/mol. The normalized spacial score (nSPS) is 24.7. The first kappa shape index (κ1) is 10.0. The molecule has 0 bridgehead atoms. The largest absolute Gasteiger partial charge is 0.395 e. The second-order valence-corrected chi connectivity index (χ2v) is 3.39. The second kappa shape index (κ2) is 4.85. The molecule has 0 aromatic carbocycles. The van der Waals surface area contributed by atoms with Gasteiger partial charge < -0.3 is 4.84 Å². The summed E-state index contributed by atoms with van der Waals surface area (Å²) in [6.07, 6.45) is 7.22. The molecule has 0 spiro atoms. The van der Waals surface area contributed by atoms with E-state index >= 15 is 0 Å². The summed E-state index contributed by atoms with van der Waals surface area (Å²) in [4.78, 5) is 5.10. The Balaban J connectivity index is 2.53. The molecule has 1 unspecified atom stereocenters. The first-order chi connectivity index (χ1) is 6.24. The van der Waals surface area contributed by atoms with E-state index in [1.54, 1.807) is 0 Å². The average Bonchev–Trinajstić information content (AvgIpc) is 2.12. The van der Waals surface area contributed by atoms with Crippen LogP contribution >= 0.6 is 0 Å². The molecule has 0 amide bonds. The van der Waals surface area contributed by atoms with Crippen molar-refractivity contribution in [2.24, 2.45) is 11.1 Å². The van der Waals surface area contributed by atoms with Crippen LogP contribution in [0.4, 0.5) is 0 Å². The van der Waals surface area contributed by atoms with Gasteiger partial charge in [0.05, 0.1) is 0 Å². The van der Waals surface area contributed by atoms with Crippen molar-refractivity contribution in [2.75, 3.05) is 6.61 Å². The number of rotatable bonds is 3. The molecule has 0 aromatic heterocycles. The van der Waals surface area contributed by atoms with Crippen LogP contribution in [0.5, 0.6) is 0 Å². The minimum Gasteiger partial charge on any atom is -0.395 e. The first-order valence-electron chi connectivity index (χ1n) is 4.80. The summed E-state index contributed by atoms with van der Waals surface area (Å²) in [5, 5.41) is 4.01. The van der Waals surface area contributed by atoms with Crippen LogP contribution in [-0.4, -0.2) is 12.3 Å². The van der Waals surface area contributed by atoms with Gasteiger partial charge in [-0.15, -0.1) is 0 Å². The third kappa shape index (κ3) is 3.05. The minimum atomic E-state index is 0.533. The lowest BCUT2D eigenvalue weighted by molar-refractivity contribution is 0.145. The Hall–Kier alpha value is -1.05. The molecule has 2 heteroatoms. The van der Waals surface area contributed by atoms with Crippen LogP contribution in [0, 0.1) is 5.92 Å². The maximum absolute atomic E-state index is 5.10. The molecule has 1 atom stereocenters. The van der Waals surface area contributed by atoms with E-state index in [1.165, 1.54) is 5.57 Å². The molecule has 0 saturated heterocycles. The molecular weight excluding hydrogens is 162 g/mol. The van der Waals surface area contributed by atoms with Crippen LogP contribution in [-0.2, 0) is 4.84 Å². The molecule has 1 aliphatic carbocycles. The van der Waals surface area contributed by atoms with Gasteiger partial charge >= 0.3 is 0 Å². The molecule has 0 fully saturated rings. The van der Waals surface area contributed by atoms with Crippen LogP contribution in [0.15, 0.2) is 29.0 Å². The Kier molecular flexibility index (Phi) is 3.74. The van der Waals surface area contributed by atoms with Crippen LogP contribution in [0.1, 0.15) is 27.2 Å². The molecule has 72 valence electrons. The smallest absolute Gasteiger partial charge is 0.116 e. The summed E-state index contributed by atoms with van der Waals surface area (Å²) >= 11 is 0. The second-order valence-electron chi connectivity index (χ2n) is 3.39. The zero-order valence-electron chi connectivity index (χ0n) is 8.58. The van der Waals surface area contributed by atoms with Gasteiger partial charge in [-0.25, -0.2) is 0 Å². The first-order valence-corrected chi connectivity index (χ1v) is 4.80. The van der Waals surface area contributed by atoms with E-state index in [0.29, 0.717) is 12.5 Å². The fourth-order valence-electron chi connectivity index (χ4n) is 1.08.